The predicted molar refractivity (Wildman–Crippen MR) is 29.1 cm³/mol. The Kier molecular flexibility index (Phi) is 1.66. The normalized spacial score (nSPS) is 27.1. The Bertz CT molecular complexity index is 134. The first-order valence-corrected chi connectivity index (χ1v) is 2.59. The fraction of sp³-hybridized carbons (Fsp3) is 0.500. The quantitative estimate of drug-likeness (QED) is 0.432. The average Bonchev–Trinajstić information content (AvgIpc) is 1.90. The predicted octanol–water partition coefficient (Wildman–Crippen LogP) is 0.855. The zero-order valence-electron chi connectivity index (χ0n) is 4.50. The van der Waals surface area contributed by atoms with Crippen LogP contribution in [-0.4, -0.2) is 12.7 Å². The van der Waals surface area contributed by atoms with E-state index in [1.54, 1.807) is 0 Å². The molecule has 0 N–H and O–H groups in total. The van der Waals surface area contributed by atoms with E-state index in [2.05, 4.69) is 0 Å². The van der Waals surface area contributed by atoms with Crippen LogP contribution in [0.5, 0.6) is 0 Å². The van der Waals surface area contributed by atoms with Crippen molar-refractivity contribution in [3.63, 3.8) is 0 Å². The molecule has 42 valence electrons. The molecule has 8 heavy (non-hydrogen) atoms. The van der Waals surface area contributed by atoms with Gasteiger partial charge in [0, 0.05) is 6.42 Å². The van der Waals surface area contributed by atoms with Crippen molar-refractivity contribution in [1.82, 2.24) is 0 Å². The van der Waals surface area contributed by atoms with Gasteiger partial charge in [0.2, 0.25) is 0 Å². The van der Waals surface area contributed by atoms with Crippen LogP contribution >= 0.6 is 0 Å². The molecule has 1 aliphatic rings. The summed E-state index contributed by atoms with van der Waals surface area (Å²) in [5.74, 6) is 0. The van der Waals surface area contributed by atoms with Crippen LogP contribution < -0.4 is 0 Å². The first-order chi connectivity index (χ1) is 3.93. The standard InChI is InChI=1S/C6H7NO/c7-5-6-3-1-2-4-8-6/h1-2,6H,3-4H2. The average molecular weight is 109 g/mol. The number of nitriles is 1. The molecule has 0 spiro atoms. The lowest BCUT2D eigenvalue weighted by molar-refractivity contribution is 0.108. The van der Waals surface area contributed by atoms with Gasteiger partial charge in [0.1, 0.15) is 6.10 Å². The summed E-state index contributed by atoms with van der Waals surface area (Å²) >= 11 is 0. The molecule has 2 heteroatoms. The smallest absolute Gasteiger partial charge is 0.147 e. The fourth-order valence-electron chi connectivity index (χ4n) is 0.618. The van der Waals surface area contributed by atoms with E-state index in [-0.39, 0.29) is 6.10 Å². The lowest BCUT2D eigenvalue weighted by Gasteiger charge is -2.09. The highest BCUT2D eigenvalue weighted by atomic mass is 16.5. The third kappa shape index (κ3) is 1.08. The van der Waals surface area contributed by atoms with Gasteiger partial charge < -0.3 is 4.74 Å². The SMILES string of the molecule is N#CC1CC=CCO1. The van der Waals surface area contributed by atoms with Gasteiger partial charge in [0.05, 0.1) is 12.7 Å². The van der Waals surface area contributed by atoms with E-state index in [4.69, 9.17) is 10.00 Å². The van der Waals surface area contributed by atoms with Crippen LogP contribution in [-0.2, 0) is 4.74 Å². The number of nitrogens with zero attached hydrogens (tertiary/aromatic N) is 1. The van der Waals surface area contributed by atoms with Gasteiger partial charge in [-0.05, 0) is 0 Å². The zero-order valence-corrected chi connectivity index (χ0v) is 4.50. The second kappa shape index (κ2) is 2.49. The number of rotatable bonds is 0. The molecule has 1 aliphatic heterocycles. The van der Waals surface area contributed by atoms with Crippen molar-refractivity contribution >= 4 is 0 Å². The molecule has 0 aliphatic carbocycles. The van der Waals surface area contributed by atoms with E-state index in [0.717, 1.165) is 6.42 Å². The largest absolute Gasteiger partial charge is 0.359 e. The molecular formula is C6H7NO. The Labute approximate surface area is 48.4 Å². The maximum atomic E-state index is 8.28. The fourth-order valence-corrected chi connectivity index (χ4v) is 0.618. The summed E-state index contributed by atoms with van der Waals surface area (Å²) in [6.45, 7) is 0.595. The zero-order chi connectivity index (χ0) is 5.82. The van der Waals surface area contributed by atoms with Gasteiger partial charge in [-0.15, -0.1) is 0 Å². The molecule has 0 amide bonds. The monoisotopic (exact) mass is 109 g/mol. The van der Waals surface area contributed by atoms with Crippen LogP contribution in [0, 0.1) is 11.3 Å². The number of hydrogen-bond acceptors (Lipinski definition) is 2. The molecule has 1 unspecified atom stereocenters. The van der Waals surface area contributed by atoms with Crippen molar-refractivity contribution in [3.8, 4) is 6.07 Å². The van der Waals surface area contributed by atoms with Gasteiger partial charge in [0.25, 0.3) is 0 Å². The number of ether oxygens (including phenoxy) is 1. The van der Waals surface area contributed by atoms with Crippen LogP contribution in [0.25, 0.3) is 0 Å². The Morgan fingerprint density at radius 3 is 2.88 bits per heavy atom. The van der Waals surface area contributed by atoms with Crippen LogP contribution in [0.3, 0.4) is 0 Å². The number of hydrogen-bond donors (Lipinski definition) is 0. The van der Waals surface area contributed by atoms with E-state index in [0.29, 0.717) is 6.61 Å². The first-order valence-electron chi connectivity index (χ1n) is 2.59. The highest BCUT2D eigenvalue weighted by Gasteiger charge is 2.05. The van der Waals surface area contributed by atoms with E-state index in [1.807, 2.05) is 18.2 Å². The van der Waals surface area contributed by atoms with Crippen molar-refractivity contribution in [2.75, 3.05) is 6.61 Å². The van der Waals surface area contributed by atoms with Gasteiger partial charge in [-0.3, -0.25) is 0 Å². The van der Waals surface area contributed by atoms with E-state index < -0.39 is 0 Å². The van der Waals surface area contributed by atoms with Crippen molar-refractivity contribution in [2.24, 2.45) is 0 Å². The molecule has 0 aromatic heterocycles. The van der Waals surface area contributed by atoms with Gasteiger partial charge >= 0.3 is 0 Å². The molecule has 1 rings (SSSR count). The summed E-state index contributed by atoms with van der Waals surface area (Å²) in [6.07, 6.45) is 4.45. The molecule has 0 bridgehead atoms. The third-order valence-corrected chi connectivity index (χ3v) is 1.05. The van der Waals surface area contributed by atoms with Gasteiger partial charge in [-0.1, -0.05) is 12.2 Å². The minimum atomic E-state index is -0.194. The summed E-state index contributed by atoms with van der Waals surface area (Å²) in [5, 5.41) is 8.28. The Hall–Kier alpha value is -0.810. The van der Waals surface area contributed by atoms with Crippen molar-refractivity contribution in [2.45, 2.75) is 12.5 Å². The molecular weight excluding hydrogens is 102 g/mol. The lowest BCUT2D eigenvalue weighted by Crippen LogP contribution is -2.12. The van der Waals surface area contributed by atoms with Crippen LogP contribution in [0.2, 0.25) is 0 Å². The molecule has 1 atom stereocenters. The molecule has 0 radical (unpaired) electrons. The third-order valence-electron chi connectivity index (χ3n) is 1.05. The van der Waals surface area contributed by atoms with E-state index in [1.165, 1.54) is 0 Å². The molecule has 2 nitrogen and oxygen atoms in total. The topological polar surface area (TPSA) is 33.0 Å². The molecule has 0 aromatic rings. The molecule has 0 saturated heterocycles. The van der Waals surface area contributed by atoms with E-state index in [9.17, 15) is 0 Å². The van der Waals surface area contributed by atoms with Crippen molar-refractivity contribution in [1.29, 1.82) is 5.26 Å². The molecule has 0 aromatic carbocycles. The van der Waals surface area contributed by atoms with Gasteiger partial charge in [-0.25, -0.2) is 0 Å². The van der Waals surface area contributed by atoms with Gasteiger partial charge in [-0.2, -0.15) is 5.26 Å². The van der Waals surface area contributed by atoms with E-state index >= 15 is 0 Å². The summed E-state index contributed by atoms with van der Waals surface area (Å²) < 4.78 is 4.98. The Morgan fingerprint density at radius 2 is 2.50 bits per heavy atom. The second-order valence-electron chi connectivity index (χ2n) is 1.66. The van der Waals surface area contributed by atoms with Crippen LogP contribution in [0.15, 0.2) is 12.2 Å². The second-order valence-corrected chi connectivity index (χ2v) is 1.66. The maximum Gasteiger partial charge on any atom is 0.147 e. The van der Waals surface area contributed by atoms with Crippen LogP contribution in [0.1, 0.15) is 6.42 Å². The molecule has 0 fully saturated rings. The highest BCUT2D eigenvalue weighted by Crippen LogP contribution is 2.03. The van der Waals surface area contributed by atoms with Crippen LogP contribution in [0.4, 0.5) is 0 Å². The minimum Gasteiger partial charge on any atom is -0.359 e. The summed E-state index contributed by atoms with van der Waals surface area (Å²) in [6, 6.07) is 2.03. The molecule has 1 heterocycles. The summed E-state index contributed by atoms with van der Waals surface area (Å²) in [5.41, 5.74) is 0. The molecule has 0 saturated carbocycles. The minimum absolute atomic E-state index is 0.194. The highest BCUT2D eigenvalue weighted by molar-refractivity contribution is 4.97. The lowest BCUT2D eigenvalue weighted by atomic mass is 10.2. The first kappa shape index (κ1) is 5.33. The van der Waals surface area contributed by atoms with Crippen molar-refractivity contribution in [3.05, 3.63) is 12.2 Å². The van der Waals surface area contributed by atoms with Gasteiger partial charge in [0.15, 0.2) is 0 Å². The maximum absolute atomic E-state index is 8.28. The Balaban J connectivity index is 2.41. The van der Waals surface area contributed by atoms with Crippen molar-refractivity contribution < 1.29 is 4.74 Å². The Morgan fingerprint density at radius 1 is 1.62 bits per heavy atom. The summed E-state index contributed by atoms with van der Waals surface area (Å²) in [4.78, 5) is 0. The summed E-state index contributed by atoms with van der Waals surface area (Å²) in [7, 11) is 0.